The fourth-order valence-corrected chi connectivity index (χ4v) is 4.44. The monoisotopic (exact) mass is 539 g/mol. The Hall–Kier alpha value is -3.39. The van der Waals surface area contributed by atoms with Crippen LogP contribution in [0.25, 0.3) is 0 Å². The number of nitrogens with one attached hydrogen (secondary N) is 2. The van der Waals surface area contributed by atoms with Gasteiger partial charge in [0.15, 0.2) is 0 Å². The van der Waals surface area contributed by atoms with E-state index in [0.29, 0.717) is 17.7 Å². The van der Waals surface area contributed by atoms with E-state index in [1.165, 1.54) is 4.90 Å². The van der Waals surface area contributed by atoms with E-state index >= 15 is 0 Å². The molecule has 0 spiro atoms. The van der Waals surface area contributed by atoms with Gasteiger partial charge in [-0.2, -0.15) is 0 Å². The van der Waals surface area contributed by atoms with Crippen LogP contribution in [-0.2, 0) is 14.3 Å². The maximum atomic E-state index is 14.1. The third kappa shape index (κ3) is 9.10. The number of aryl methyl sites for hydroxylation is 4. The number of aliphatic hydroxyl groups excluding tert-OH is 1. The molecule has 0 aliphatic carbocycles. The summed E-state index contributed by atoms with van der Waals surface area (Å²) >= 11 is 0. The molecule has 0 saturated heterocycles. The van der Waals surface area contributed by atoms with Gasteiger partial charge in [0.25, 0.3) is 5.91 Å². The number of ether oxygens (including phenoxy) is 1. The summed E-state index contributed by atoms with van der Waals surface area (Å²) in [5.41, 5.74) is 4.24. The zero-order chi connectivity index (χ0) is 29.3. The Morgan fingerprint density at radius 1 is 0.974 bits per heavy atom. The van der Waals surface area contributed by atoms with Crippen molar-refractivity contribution in [3.63, 3.8) is 0 Å². The number of hydrogen-bond donors (Lipinski definition) is 3. The molecular weight excluding hydrogens is 494 g/mol. The largest absolute Gasteiger partial charge is 0.444 e. The zero-order valence-electron chi connectivity index (χ0n) is 24.7. The Morgan fingerprint density at radius 2 is 1.62 bits per heavy atom. The lowest BCUT2D eigenvalue weighted by molar-refractivity contribution is -0.141. The van der Waals surface area contributed by atoms with Gasteiger partial charge in [-0.25, -0.2) is 4.79 Å². The van der Waals surface area contributed by atoms with Crippen molar-refractivity contribution in [3.05, 3.63) is 64.2 Å². The SMILES string of the molecule is CCCCCN(C(=O)C(CO)NC(=O)OC(C)(C)C)C(C(=O)Nc1c(C)cccc1C)c1cc(C)ccc1C. The zero-order valence-corrected chi connectivity index (χ0v) is 24.7. The lowest BCUT2D eigenvalue weighted by Gasteiger charge is -2.35. The van der Waals surface area contributed by atoms with Crippen molar-refractivity contribution in [3.8, 4) is 0 Å². The molecule has 3 amide bonds. The Labute approximate surface area is 233 Å². The highest BCUT2D eigenvalue weighted by Crippen LogP contribution is 2.30. The van der Waals surface area contributed by atoms with Crippen molar-refractivity contribution in [1.29, 1.82) is 0 Å². The van der Waals surface area contributed by atoms with Crippen LogP contribution >= 0.6 is 0 Å². The number of aliphatic hydroxyl groups is 1. The second kappa shape index (κ2) is 14.1. The number of nitrogens with zero attached hydrogens (tertiary/aromatic N) is 1. The van der Waals surface area contributed by atoms with Gasteiger partial charge < -0.3 is 25.4 Å². The van der Waals surface area contributed by atoms with E-state index in [0.717, 1.165) is 35.1 Å². The molecule has 0 radical (unpaired) electrons. The molecule has 8 nitrogen and oxygen atoms in total. The minimum absolute atomic E-state index is 0.275. The van der Waals surface area contributed by atoms with Crippen LogP contribution in [0.15, 0.2) is 36.4 Å². The average molecular weight is 540 g/mol. The second-order valence-electron chi connectivity index (χ2n) is 11.1. The lowest BCUT2D eigenvalue weighted by atomic mass is 9.95. The van der Waals surface area contributed by atoms with E-state index in [2.05, 4.69) is 17.6 Å². The van der Waals surface area contributed by atoms with Crippen molar-refractivity contribution < 1.29 is 24.2 Å². The normalized spacial score (nSPS) is 12.8. The van der Waals surface area contributed by atoms with Gasteiger partial charge in [0, 0.05) is 12.2 Å². The quantitative estimate of drug-likeness (QED) is 0.327. The lowest BCUT2D eigenvalue weighted by Crippen LogP contribution is -2.54. The minimum Gasteiger partial charge on any atom is -0.444 e. The van der Waals surface area contributed by atoms with Crippen LogP contribution in [0.3, 0.4) is 0 Å². The van der Waals surface area contributed by atoms with Crippen molar-refractivity contribution in [2.24, 2.45) is 0 Å². The number of para-hydroxylation sites is 1. The molecule has 2 rings (SSSR count). The number of anilines is 1. The molecular formula is C31H45N3O5. The van der Waals surface area contributed by atoms with Gasteiger partial charge in [-0.15, -0.1) is 0 Å². The van der Waals surface area contributed by atoms with Gasteiger partial charge in [0.2, 0.25) is 5.91 Å². The summed E-state index contributed by atoms with van der Waals surface area (Å²) in [4.78, 5) is 42.1. The minimum atomic E-state index is -1.28. The molecule has 0 aromatic heterocycles. The predicted octanol–water partition coefficient (Wildman–Crippen LogP) is 5.50. The smallest absolute Gasteiger partial charge is 0.408 e. The summed E-state index contributed by atoms with van der Waals surface area (Å²) in [6.07, 6.45) is 1.62. The first kappa shape index (κ1) is 31.8. The fourth-order valence-electron chi connectivity index (χ4n) is 4.44. The second-order valence-corrected chi connectivity index (χ2v) is 11.1. The van der Waals surface area contributed by atoms with Crippen molar-refractivity contribution in [2.45, 2.75) is 92.3 Å². The number of carbonyl (C=O) groups excluding carboxylic acids is 3. The molecule has 0 fully saturated rings. The molecule has 2 atom stereocenters. The Kier molecular flexibility index (Phi) is 11.5. The van der Waals surface area contributed by atoms with Crippen LogP contribution < -0.4 is 10.6 Å². The van der Waals surface area contributed by atoms with E-state index in [9.17, 15) is 19.5 Å². The first-order valence-electron chi connectivity index (χ1n) is 13.6. The number of benzene rings is 2. The van der Waals surface area contributed by atoms with Crippen molar-refractivity contribution >= 4 is 23.6 Å². The highest BCUT2D eigenvalue weighted by molar-refractivity contribution is 6.00. The summed E-state index contributed by atoms with van der Waals surface area (Å²) in [5.74, 6) is -0.915. The Bertz CT molecular complexity index is 1140. The van der Waals surface area contributed by atoms with Gasteiger partial charge in [0.05, 0.1) is 6.61 Å². The van der Waals surface area contributed by atoms with Gasteiger partial charge in [-0.1, -0.05) is 61.7 Å². The molecule has 3 N–H and O–H groups in total. The van der Waals surface area contributed by atoms with Crippen LogP contribution in [0.2, 0.25) is 0 Å². The number of hydrogen-bond acceptors (Lipinski definition) is 5. The third-order valence-corrected chi connectivity index (χ3v) is 6.48. The van der Waals surface area contributed by atoms with E-state index in [4.69, 9.17) is 4.74 Å². The van der Waals surface area contributed by atoms with E-state index in [-0.39, 0.29) is 12.5 Å². The fraction of sp³-hybridized carbons (Fsp3) is 0.516. The highest BCUT2D eigenvalue weighted by Gasteiger charge is 2.37. The maximum absolute atomic E-state index is 14.1. The number of amides is 3. The standard InChI is InChI=1S/C31H45N3O5/c1-9-10-11-17-34(29(37)25(19-35)32-30(38)39-31(6,7)8)27(24-18-20(2)15-16-21(24)3)28(36)33-26-22(4)13-12-14-23(26)5/h12-16,18,25,27,35H,9-11,17,19H2,1-8H3,(H,32,38)(H,33,36). The first-order valence-corrected chi connectivity index (χ1v) is 13.6. The summed E-state index contributed by atoms with van der Waals surface area (Å²) in [7, 11) is 0. The molecule has 0 aliphatic heterocycles. The van der Waals surface area contributed by atoms with E-state index in [1.54, 1.807) is 20.8 Å². The topological polar surface area (TPSA) is 108 Å². The van der Waals surface area contributed by atoms with E-state index < -0.39 is 36.3 Å². The van der Waals surface area contributed by atoms with Crippen LogP contribution in [0.1, 0.15) is 80.8 Å². The molecule has 39 heavy (non-hydrogen) atoms. The van der Waals surface area contributed by atoms with Crippen LogP contribution in [0, 0.1) is 27.7 Å². The Balaban J connectivity index is 2.58. The van der Waals surface area contributed by atoms with E-state index in [1.807, 2.05) is 64.1 Å². The molecule has 2 aromatic carbocycles. The maximum Gasteiger partial charge on any atom is 0.408 e. The summed E-state index contributed by atoms with van der Waals surface area (Å²) in [6.45, 7) is 14.5. The molecule has 0 saturated carbocycles. The molecule has 2 aromatic rings. The molecule has 0 bridgehead atoms. The van der Waals surface area contributed by atoms with Gasteiger partial charge >= 0.3 is 6.09 Å². The van der Waals surface area contributed by atoms with Gasteiger partial charge in [-0.05, 0) is 77.1 Å². The van der Waals surface area contributed by atoms with Crippen molar-refractivity contribution in [1.82, 2.24) is 10.2 Å². The first-order chi connectivity index (χ1) is 18.3. The molecule has 2 unspecified atom stereocenters. The number of unbranched alkanes of at least 4 members (excludes halogenated alkanes) is 2. The van der Waals surface area contributed by atoms with Gasteiger partial charge in [-0.3, -0.25) is 9.59 Å². The van der Waals surface area contributed by atoms with Crippen LogP contribution in [-0.4, -0.2) is 52.7 Å². The predicted molar refractivity (Wildman–Crippen MR) is 155 cm³/mol. The summed E-state index contributed by atoms with van der Waals surface area (Å²) in [5, 5.41) is 15.7. The van der Waals surface area contributed by atoms with Gasteiger partial charge in [0.1, 0.15) is 17.7 Å². The number of rotatable bonds is 11. The van der Waals surface area contributed by atoms with Crippen molar-refractivity contribution in [2.75, 3.05) is 18.5 Å². The van der Waals surface area contributed by atoms with Crippen LogP contribution in [0.5, 0.6) is 0 Å². The Morgan fingerprint density at radius 3 is 2.18 bits per heavy atom. The van der Waals surface area contributed by atoms with Crippen LogP contribution in [0.4, 0.5) is 10.5 Å². The number of carbonyl (C=O) groups is 3. The molecule has 8 heteroatoms. The number of alkyl carbamates (subject to hydrolysis) is 1. The molecule has 0 heterocycles. The molecule has 0 aliphatic rings. The summed E-state index contributed by atoms with van der Waals surface area (Å²) < 4.78 is 5.32. The average Bonchev–Trinajstić information content (AvgIpc) is 2.84. The summed E-state index contributed by atoms with van der Waals surface area (Å²) in [6, 6.07) is 9.32. The highest BCUT2D eigenvalue weighted by atomic mass is 16.6. The third-order valence-electron chi connectivity index (χ3n) is 6.48. The molecule has 214 valence electrons.